The number of ether oxygens (including phenoxy) is 1. The van der Waals surface area contributed by atoms with E-state index in [-0.39, 0.29) is 11.5 Å². The summed E-state index contributed by atoms with van der Waals surface area (Å²) in [6, 6.07) is 9.90. The summed E-state index contributed by atoms with van der Waals surface area (Å²) in [5.41, 5.74) is 8.39. The van der Waals surface area contributed by atoms with E-state index in [0.717, 1.165) is 30.5 Å². The summed E-state index contributed by atoms with van der Waals surface area (Å²) in [5.74, 6) is 0.663. The van der Waals surface area contributed by atoms with Gasteiger partial charge < -0.3 is 20.4 Å². The summed E-state index contributed by atoms with van der Waals surface area (Å²) < 4.78 is 7.09. The van der Waals surface area contributed by atoms with E-state index in [0.29, 0.717) is 36.5 Å². The monoisotopic (exact) mass is 381 g/mol. The van der Waals surface area contributed by atoms with E-state index in [4.69, 9.17) is 10.5 Å². The lowest BCUT2D eigenvalue weighted by molar-refractivity contribution is 0.134. The fraction of sp³-hybridized carbons (Fsp3) is 0.381. The highest BCUT2D eigenvalue weighted by Crippen LogP contribution is 2.18. The fourth-order valence-electron chi connectivity index (χ4n) is 2.99. The zero-order chi connectivity index (χ0) is 19.9. The Morgan fingerprint density at radius 2 is 1.86 bits per heavy atom. The Morgan fingerprint density at radius 3 is 2.57 bits per heavy atom. The van der Waals surface area contributed by atoms with E-state index < -0.39 is 0 Å². The predicted molar refractivity (Wildman–Crippen MR) is 112 cm³/mol. The molecule has 7 nitrogen and oxygen atoms in total. The molecule has 3 rings (SSSR count). The Labute approximate surface area is 164 Å². The van der Waals surface area contributed by atoms with Crippen LogP contribution in [0.5, 0.6) is 0 Å². The van der Waals surface area contributed by atoms with Gasteiger partial charge in [0.25, 0.3) is 5.56 Å². The maximum Gasteiger partial charge on any atom is 0.264 e. The van der Waals surface area contributed by atoms with Crippen molar-refractivity contribution in [3.8, 4) is 0 Å². The maximum atomic E-state index is 13.1. The van der Waals surface area contributed by atoms with Crippen LogP contribution in [0.1, 0.15) is 37.8 Å². The Morgan fingerprint density at radius 1 is 1.11 bits per heavy atom. The number of unbranched alkanes of at least 4 members (excludes halogenated alkanes) is 1. The number of hydrogen-bond donors (Lipinski definition) is 2. The molecule has 0 aliphatic heterocycles. The van der Waals surface area contributed by atoms with E-state index in [1.807, 2.05) is 37.3 Å². The van der Waals surface area contributed by atoms with Gasteiger partial charge in [-0.15, -0.1) is 0 Å². The number of nitrogens with two attached hydrogens (primary N) is 1. The lowest BCUT2D eigenvalue weighted by Crippen LogP contribution is -2.22. The third-order valence-corrected chi connectivity index (χ3v) is 4.51. The lowest BCUT2D eigenvalue weighted by atomic mass is 10.1. The molecule has 148 valence electrons. The van der Waals surface area contributed by atoms with Crippen LogP contribution in [-0.2, 0) is 17.9 Å². The molecular weight excluding hydrogens is 354 g/mol. The van der Waals surface area contributed by atoms with Crippen molar-refractivity contribution < 1.29 is 4.74 Å². The lowest BCUT2D eigenvalue weighted by Gasteiger charge is -2.12. The zero-order valence-corrected chi connectivity index (χ0v) is 16.4. The third-order valence-electron chi connectivity index (χ3n) is 4.51. The summed E-state index contributed by atoms with van der Waals surface area (Å²) in [6.45, 7) is 6.58. The molecule has 0 amide bonds. The number of hydrogen-bond acceptors (Lipinski definition) is 6. The van der Waals surface area contributed by atoms with Crippen LogP contribution in [0.15, 0.2) is 41.3 Å². The molecule has 1 aromatic carbocycles. The van der Waals surface area contributed by atoms with Gasteiger partial charge in [-0.1, -0.05) is 37.6 Å². The number of rotatable bonds is 9. The number of nitrogens with one attached hydrogen (secondary N) is 1. The predicted octanol–water partition coefficient (Wildman–Crippen LogP) is 3.17. The first-order valence-corrected chi connectivity index (χ1v) is 9.68. The maximum absolute atomic E-state index is 13.1. The molecule has 0 saturated heterocycles. The van der Waals surface area contributed by atoms with Crippen molar-refractivity contribution in [1.29, 1.82) is 0 Å². The Kier molecular flexibility index (Phi) is 6.60. The minimum Gasteiger partial charge on any atom is -0.377 e. The minimum atomic E-state index is -0.130. The first-order chi connectivity index (χ1) is 13.6. The molecular formula is C21H27N5O2. The Bertz CT molecular complexity index is 982. The van der Waals surface area contributed by atoms with Crippen LogP contribution in [0, 0.1) is 0 Å². The fourth-order valence-corrected chi connectivity index (χ4v) is 2.99. The second-order valence-corrected chi connectivity index (χ2v) is 6.67. The molecule has 2 aromatic heterocycles. The number of anilines is 2. The largest absolute Gasteiger partial charge is 0.377 e. The van der Waals surface area contributed by atoms with Gasteiger partial charge in [-0.25, -0.2) is 4.98 Å². The molecule has 0 bridgehead atoms. The van der Waals surface area contributed by atoms with Crippen LogP contribution >= 0.6 is 0 Å². The molecule has 7 heteroatoms. The topological polar surface area (TPSA) is 95.1 Å². The van der Waals surface area contributed by atoms with Crippen molar-refractivity contribution in [3.63, 3.8) is 0 Å². The number of nitrogens with zero attached hydrogens (tertiary/aromatic N) is 3. The standard InChI is InChI=1S/C21H27N5O2/c1-3-5-11-23-19-18-17(24-21(22)25-19)10-12-26(20(18)27)13-15-6-8-16(9-7-15)14-28-4-2/h6-10,12H,3-5,11,13-14H2,1-2H3,(H3,22,23,24,25). The average Bonchev–Trinajstić information content (AvgIpc) is 2.69. The zero-order valence-electron chi connectivity index (χ0n) is 16.4. The summed E-state index contributed by atoms with van der Waals surface area (Å²) >= 11 is 0. The molecule has 3 aromatic rings. The van der Waals surface area contributed by atoms with E-state index in [9.17, 15) is 4.79 Å². The van der Waals surface area contributed by atoms with E-state index in [1.54, 1.807) is 10.8 Å². The van der Waals surface area contributed by atoms with Gasteiger partial charge in [-0.2, -0.15) is 4.98 Å². The van der Waals surface area contributed by atoms with Gasteiger partial charge >= 0.3 is 0 Å². The number of fused-ring (bicyclic) bond motifs is 1. The first-order valence-electron chi connectivity index (χ1n) is 9.68. The molecule has 28 heavy (non-hydrogen) atoms. The van der Waals surface area contributed by atoms with E-state index >= 15 is 0 Å². The Hall–Kier alpha value is -2.93. The van der Waals surface area contributed by atoms with Crippen molar-refractivity contribution in [3.05, 3.63) is 58.0 Å². The summed E-state index contributed by atoms with van der Waals surface area (Å²) in [7, 11) is 0. The van der Waals surface area contributed by atoms with Crippen LogP contribution in [-0.4, -0.2) is 27.7 Å². The second-order valence-electron chi connectivity index (χ2n) is 6.67. The normalized spacial score (nSPS) is 11.1. The molecule has 0 unspecified atom stereocenters. The molecule has 0 radical (unpaired) electrons. The minimum absolute atomic E-state index is 0.130. The molecule has 0 saturated carbocycles. The highest BCUT2D eigenvalue weighted by molar-refractivity contribution is 5.89. The Balaban J connectivity index is 1.89. The highest BCUT2D eigenvalue weighted by Gasteiger charge is 2.12. The van der Waals surface area contributed by atoms with Gasteiger partial charge in [-0.05, 0) is 30.5 Å². The van der Waals surface area contributed by atoms with Gasteiger partial charge in [0, 0.05) is 19.3 Å². The molecule has 0 spiro atoms. The summed E-state index contributed by atoms with van der Waals surface area (Å²) in [4.78, 5) is 21.6. The SMILES string of the molecule is CCCCNc1nc(N)nc2ccn(Cc3ccc(COCC)cc3)c(=O)c12. The molecule has 3 N–H and O–H groups in total. The second kappa shape index (κ2) is 9.32. The molecule has 0 fully saturated rings. The van der Waals surface area contributed by atoms with Gasteiger partial charge in [-0.3, -0.25) is 4.79 Å². The van der Waals surface area contributed by atoms with Crippen LogP contribution in [0.2, 0.25) is 0 Å². The molecule has 0 aliphatic carbocycles. The van der Waals surface area contributed by atoms with Crippen LogP contribution in [0.3, 0.4) is 0 Å². The van der Waals surface area contributed by atoms with Crippen LogP contribution in [0.4, 0.5) is 11.8 Å². The van der Waals surface area contributed by atoms with E-state index in [2.05, 4.69) is 22.2 Å². The van der Waals surface area contributed by atoms with Crippen molar-refractivity contribution in [2.75, 3.05) is 24.2 Å². The molecule has 0 aliphatic rings. The highest BCUT2D eigenvalue weighted by atomic mass is 16.5. The third kappa shape index (κ3) is 4.67. The van der Waals surface area contributed by atoms with Gasteiger partial charge in [0.2, 0.25) is 5.95 Å². The summed E-state index contributed by atoms with van der Waals surface area (Å²) in [6.07, 6.45) is 3.79. The van der Waals surface area contributed by atoms with Gasteiger partial charge in [0.15, 0.2) is 0 Å². The molecule has 2 heterocycles. The van der Waals surface area contributed by atoms with Crippen molar-refractivity contribution in [1.82, 2.24) is 14.5 Å². The average molecular weight is 381 g/mol. The van der Waals surface area contributed by atoms with Crippen LogP contribution in [0.25, 0.3) is 10.9 Å². The van der Waals surface area contributed by atoms with Gasteiger partial charge in [0.05, 0.1) is 18.7 Å². The van der Waals surface area contributed by atoms with E-state index in [1.165, 1.54) is 0 Å². The quantitative estimate of drug-likeness (QED) is 0.553. The van der Waals surface area contributed by atoms with Gasteiger partial charge in [0.1, 0.15) is 11.2 Å². The molecule has 0 atom stereocenters. The van der Waals surface area contributed by atoms with Crippen molar-refractivity contribution in [2.24, 2.45) is 0 Å². The number of pyridine rings is 1. The summed E-state index contributed by atoms with van der Waals surface area (Å²) in [5, 5.41) is 3.70. The van der Waals surface area contributed by atoms with Crippen molar-refractivity contribution >= 4 is 22.7 Å². The smallest absolute Gasteiger partial charge is 0.264 e. The van der Waals surface area contributed by atoms with Crippen molar-refractivity contribution in [2.45, 2.75) is 39.8 Å². The number of nitrogen functional groups attached to an aromatic ring is 1. The number of aromatic nitrogens is 3. The number of benzene rings is 1. The van der Waals surface area contributed by atoms with Crippen LogP contribution < -0.4 is 16.6 Å². The first kappa shape index (κ1) is 19.8.